The maximum atomic E-state index is 4.40. The standard InChI is InChI=1S/C24H18N2.Pt/c1-3-13-25-23(11-1)17-19-7-5-9-21(15-19)22-10-6-8-20(16-22)18-24-12-2-4-14-26-24;/h1-14H,17-18H2;/q-2;+2. The molecule has 4 aromatic rings. The molecule has 0 atom stereocenters. The van der Waals surface area contributed by atoms with E-state index in [0.717, 1.165) is 46.5 Å². The molecule has 0 saturated carbocycles. The van der Waals surface area contributed by atoms with Gasteiger partial charge in [-0.15, -0.1) is 23.3 Å². The molecule has 0 saturated heterocycles. The quantitative estimate of drug-likeness (QED) is 0.343. The van der Waals surface area contributed by atoms with E-state index in [9.17, 15) is 0 Å². The van der Waals surface area contributed by atoms with Crippen molar-refractivity contribution in [2.45, 2.75) is 12.8 Å². The van der Waals surface area contributed by atoms with Gasteiger partial charge >= 0.3 is 21.1 Å². The zero-order chi connectivity index (χ0) is 17.6. The largest absolute Gasteiger partial charge is 2.00 e. The van der Waals surface area contributed by atoms with Gasteiger partial charge in [0.15, 0.2) is 0 Å². The molecular weight excluding hydrogens is 511 g/mol. The molecule has 2 aromatic carbocycles. The summed E-state index contributed by atoms with van der Waals surface area (Å²) in [4.78, 5) is 8.81. The summed E-state index contributed by atoms with van der Waals surface area (Å²) in [7, 11) is 0. The summed E-state index contributed by atoms with van der Waals surface area (Å²) in [6, 6.07) is 31.5. The minimum Gasteiger partial charge on any atom is -0.261 e. The van der Waals surface area contributed by atoms with Crippen LogP contribution in [0.5, 0.6) is 0 Å². The van der Waals surface area contributed by atoms with Crippen LogP contribution in [0.1, 0.15) is 22.5 Å². The molecule has 0 radical (unpaired) electrons. The van der Waals surface area contributed by atoms with Crippen molar-refractivity contribution >= 4 is 0 Å². The van der Waals surface area contributed by atoms with E-state index in [2.05, 4.69) is 58.5 Å². The third-order valence-corrected chi connectivity index (χ3v) is 4.20. The zero-order valence-corrected chi connectivity index (χ0v) is 17.0. The molecule has 2 nitrogen and oxygen atoms in total. The van der Waals surface area contributed by atoms with Gasteiger partial charge in [0.05, 0.1) is 0 Å². The first kappa shape index (κ1) is 19.2. The van der Waals surface area contributed by atoms with Gasteiger partial charge in [-0.2, -0.15) is 36.4 Å². The van der Waals surface area contributed by atoms with Crippen LogP contribution < -0.4 is 0 Å². The van der Waals surface area contributed by atoms with E-state index in [4.69, 9.17) is 0 Å². The molecule has 0 aliphatic carbocycles. The summed E-state index contributed by atoms with van der Waals surface area (Å²) in [5, 5.41) is 0. The van der Waals surface area contributed by atoms with E-state index in [0.29, 0.717) is 0 Å². The first-order valence-corrected chi connectivity index (χ1v) is 8.69. The molecule has 2 aromatic heterocycles. The van der Waals surface area contributed by atoms with Gasteiger partial charge in [-0.3, -0.25) is 9.97 Å². The molecule has 0 aliphatic rings. The summed E-state index contributed by atoms with van der Waals surface area (Å²) in [5.41, 5.74) is 6.47. The fraction of sp³-hybridized carbons (Fsp3) is 0.0833. The van der Waals surface area contributed by atoms with Gasteiger partial charge < -0.3 is 0 Å². The second-order valence-electron chi connectivity index (χ2n) is 6.18. The first-order chi connectivity index (χ1) is 12.9. The Hall–Kier alpha value is -2.57. The van der Waals surface area contributed by atoms with Crippen molar-refractivity contribution in [1.82, 2.24) is 9.97 Å². The molecule has 0 spiro atoms. The van der Waals surface area contributed by atoms with Crippen LogP contribution in [0.4, 0.5) is 0 Å². The molecule has 4 rings (SSSR count). The maximum absolute atomic E-state index is 4.40. The summed E-state index contributed by atoms with van der Waals surface area (Å²) in [6.45, 7) is 0. The summed E-state index contributed by atoms with van der Waals surface area (Å²) < 4.78 is 0. The molecule has 0 fully saturated rings. The van der Waals surface area contributed by atoms with Crippen LogP contribution in [0.3, 0.4) is 0 Å². The van der Waals surface area contributed by atoms with Gasteiger partial charge in [0.2, 0.25) is 0 Å². The van der Waals surface area contributed by atoms with Crippen LogP contribution in [-0.2, 0) is 33.9 Å². The van der Waals surface area contributed by atoms with Crippen LogP contribution in [0.15, 0.2) is 85.2 Å². The monoisotopic (exact) mass is 529 g/mol. The number of aromatic nitrogens is 2. The van der Waals surface area contributed by atoms with Crippen LogP contribution in [0, 0.1) is 12.1 Å². The molecule has 0 bridgehead atoms. The SMILES string of the molecule is [Pt+2].[c-]1c(Cc2ccccn2)cccc1-c1[c-]c(Cc2ccccn2)ccc1. The Balaban J connectivity index is 0.00000210. The smallest absolute Gasteiger partial charge is 0.261 e. The van der Waals surface area contributed by atoms with Gasteiger partial charge in [0.1, 0.15) is 0 Å². The number of benzene rings is 2. The van der Waals surface area contributed by atoms with Gasteiger partial charge in [0, 0.05) is 23.8 Å². The topological polar surface area (TPSA) is 25.8 Å². The fourth-order valence-electron chi connectivity index (χ4n) is 2.95. The summed E-state index contributed by atoms with van der Waals surface area (Å²) >= 11 is 0. The molecule has 134 valence electrons. The van der Waals surface area contributed by atoms with Crippen molar-refractivity contribution < 1.29 is 21.1 Å². The van der Waals surface area contributed by atoms with Crippen LogP contribution >= 0.6 is 0 Å². The Morgan fingerprint density at radius 2 is 1.04 bits per heavy atom. The van der Waals surface area contributed by atoms with E-state index in [-0.39, 0.29) is 21.1 Å². The average molecular weight is 530 g/mol. The molecule has 2 heterocycles. The van der Waals surface area contributed by atoms with Gasteiger partial charge in [0.25, 0.3) is 0 Å². The summed E-state index contributed by atoms with van der Waals surface area (Å²) in [6.07, 6.45) is 5.21. The molecule has 0 amide bonds. The predicted molar refractivity (Wildman–Crippen MR) is 104 cm³/mol. The molecule has 0 N–H and O–H groups in total. The third-order valence-electron chi connectivity index (χ3n) is 4.20. The van der Waals surface area contributed by atoms with E-state index in [1.54, 1.807) is 0 Å². The molecule has 0 aliphatic heterocycles. The fourth-order valence-corrected chi connectivity index (χ4v) is 2.95. The third kappa shape index (κ3) is 5.21. The van der Waals surface area contributed by atoms with Crippen molar-refractivity contribution in [2.75, 3.05) is 0 Å². The molecule has 3 heteroatoms. The Kier molecular flexibility index (Phi) is 6.68. The average Bonchev–Trinajstić information content (AvgIpc) is 2.70. The van der Waals surface area contributed by atoms with Crippen molar-refractivity contribution in [3.63, 3.8) is 0 Å². The second-order valence-corrected chi connectivity index (χ2v) is 6.18. The van der Waals surface area contributed by atoms with Gasteiger partial charge in [-0.05, 0) is 37.1 Å². The Morgan fingerprint density at radius 1 is 0.556 bits per heavy atom. The second kappa shape index (κ2) is 9.39. The first-order valence-electron chi connectivity index (χ1n) is 8.69. The molecular formula is C24H18N2Pt. The number of hydrogen-bond acceptors (Lipinski definition) is 2. The van der Waals surface area contributed by atoms with Crippen LogP contribution in [0.25, 0.3) is 11.1 Å². The van der Waals surface area contributed by atoms with Crippen molar-refractivity contribution in [2.24, 2.45) is 0 Å². The number of nitrogens with zero attached hydrogens (tertiary/aromatic N) is 2. The molecule has 0 unspecified atom stereocenters. The predicted octanol–water partition coefficient (Wildman–Crippen LogP) is 4.92. The Bertz CT molecular complexity index is 902. The van der Waals surface area contributed by atoms with Crippen molar-refractivity contribution in [3.05, 3.63) is 120 Å². The normalized spacial score (nSPS) is 10.2. The van der Waals surface area contributed by atoms with Gasteiger partial charge in [-0.1, -0.05) is 12.1 Å². The van der Waals surface area contributed by atoms with E-state index >= 15 is 0 Å². The Labute approximate surface area is 174 Å². The number of pyridine rings is 2. The Morgan fingerprint density at radius 3 is 1.44 bits per heavy atom. The van der Waals surface area contributed by atoms with E-state index in [1.807, 2.05) is 48.8 Å². The zero-order valence-electron chi connectivity index (χ0n) is 14.7. The van der Waals surface area contributed by atoms with Crippen molar-refractivity contribution in [1.29, 1.82) is 0 Å². The maximum Gasteiger partial charge on any atom is 2.00 e. The number of hydrogen-bond donors (Lipinski definition) is 0. The minimum absolute atomic E-state index is 0. The van der Waals surface area contributed by atoms with Gasteiger partial charge in [-0.25, -0.2) is 11.1 Å². The van der Waals surface area contributed by atoms with E-state index in [1.165, 1.54) is 0 Å². The molecule has 27 heavy (non-hydrogen) atoms. The van der Waals surface area contributed by atoms with Crippen molar-refractivity contribution in [3.8, 4) is 11.1 Å². The number of rotatable bonds is 5. The minimum atomic E-state index is 0. The van der Waals surface area contributed by atoms with E-state index < -0.39 is 0 Å². The van der Waals surface area contributed by atoms with Crippen LogP contribution in [0.2, 0.25) is 0 Å². The summed E-state index contributed by atoms with van der Waals surface area (Å²) in [5.74, 6) is 0. The van der Waals surface area contributed by atoms with Crippen LogP contribution in [-0.4, -0.2) is 9.97 Å².